The van der Waals surface area contributed by atoms with Gasteiger partial charge in [0.1, 0.15) is 9.34 Å². The lowest BCUT2D eigenvalue weighted by Crippen LogP contribution is -2.32. The molecule has 1 fully saturated rings. The smallest absolute Gasteiger partial charge is 0.113 e. The summed E-state index contributed by atoms with van der Waals surface area (Å²) < 4.78 is 0.767. The second-order valence-corrected chi connectivity index (χ2v) is 6.11. The van der Waals surface area contributed by atoms with E-state index in [1.54, 1.807) is 17.5 Å². The molecule has 2 unspecified atom stereocenters. The lowest BCUT2D eigenvalue weighted by atomic mass is 9.95. The van der Waals surface area contributed by atoms with Gasteiger partial charge in [0, 0.05) is 0 Å². The Bertz CT molecular complexity index is 342. The summed E-state index contributed by atoms with van der Waals surface area (Å²) in [6, 6.07) is 0.352. The van der Waals surface area contributed by atoms with Gasteiger partial charge in [-0.15, -0.1) is 11.3 Å². The minimum absolute atomic E-state index is 0.352. The van der Waals surface area contributed by atoms with Gasteiger partial charge in [0.2, 0.25) is 0 Å². The van der Waals surface area contributed by atoms with Crippen LogP contribution in [0, 0.1) is 5.92 Å². The predicted octanol–water partition coefficient (Wildman–Crippen LogP) is 2.53. The standard InChI is InChI=1S/C11H18ClN3S/c1-15-5-3-2-4-8(6-13)10(15)11-14-7-9(12)16-11/h7-8,10H,2-6,13H2,1H3. The van der Waals surface area contributed by atoms with Gasteiger partial charge in [-0.3, -0.25) is 4.90 Å². The van der Waals surface area contributed by atoms with Gasteiger partial charge in [0.25, 0.3) is 0 Å². The third-order valence-electron chi connectivity index (χ3n) is 3.31. The molecule has 1 aromatic rings. The lowest BCUT2D eigenvalue weighted by Gasteiger charge is -2.29. The zero-order chi connectivity index (χ0) is 11.5. The van der Waals surface area contributed by atoms with Crippen molar-refractivity contribution in [3.8, 4) is 0 Å². The van der Waals surface area contributed by atoms with E-state index in [9.17, 15) is 0 Å². The average molecular weight is 260 g/mol. The first-order valence-electron chi connectivity index (χ1n) is 5.74. The van der Waals surface area contributed by atoms with Crippen LogP contribution in [0.4, 0.5) is 0 Å². The van der Waals surface area contributed by atoms with Gasteiger partial charge in [0.15, 0.2) is 0 Å². The van der Waals surface area contributed by atoms with E-state index in [4.69, 9.17) is 17.3 Å². The molecule has 0 spiro atoms. The largest absolute Gasteiger partial charge is 0.330 e. The highest BCUT2D eigenvalue weighted by Crippen LogP contribution is 2.36. The fourth-order valence-electron chi connectivity index (χ4n) is 2.47. The maximum absolute atomic E-state index is 5.97. The van der Waals surface area contributed by atoms with Crippen LogP contribution in [0.1, 0.15) is 30.3 Å². The summed E-state index contributed by atoms with van der Waals surface area (Å²) in [7, 11) is 2.16. The van der Waals surface area contributed by atoms with Crippen LogP contribution in [0.15, 0.2) is 6.20 Å². The zero-order valence-corrected chi connectivity index (χ0v) is 11.1. The second kappa shape index (κ2) is 5.45. The van der Waals surface area contributed by atoms with Gasteiger partial charge < -0.3 is 5.73 Å². The first-order valence-corrected chi connectivity index (χ1v) is 6.93. The summed E-state index contributed by atoms with van der Waals surface area (Å²) in [6.45, 7) is 1.85. The summed E-state index contributed by atoms with van der Waals surface area (Å²) in [5.74, 6) is 0.509. The fourth-order valence-corrected chi connectivity index (χ4v) is 3.65. The number of likely N-dealkylation sites (tertiary alicyclic amines) is 1. The Hall–Kier alpha value is -0.160. The highest BCUT2D eigenvalue weighted by molar-refractivity contribution is 7.15. The summed E-state index contributed by atoms with van der Waals surface area (Å²) >= 11 is 7.55. The van der Waals surface area contributed by atoms with Gasteiger partial charge in [-0.1, -0.05) is 18.0 Å². The molecule has 0 saturated carbocycles. The molecule has 90 valence electrons. The molecule has 16 heavy (non-hydrogen) atoms. The predicted molar refractivity (Wildman–Crippen MR) is 68.9 cm³/mol. The number of halogens is 1. The molecule has 2 heterocycles. The van der Waals surface area contributed by atoms with Crippen molar-refractivity contribution in [2.75, 3.05) is 20.1 Å². The number of hydrogen-bond donors (Lipinski definition) is 1. The van der Waals surface area contributed by atoms with Gasteiger partial charge in [-0.05, 0) is 38.9 Å². The van der Waals surface area contributed by atoms with Gasteiger partial charge in [0.05, 0.1) is 12.2 Å². The number of nitrogens with zero attached hydrogens (tertiary/aromatic N) is 2. The maximum Gasteiger partial charge on any atom is 0.113 e. The number of nitrogens with two attached hydrogens (primary N) is 1. The van der Waals surface area contributed by atoms with Gasteiger partial charge in [-0.25, -0.2) is 4.98 Å². The molecule has 3 nitrogen and oxygen atoms in total. The minimum atomic E-state index is 0.352. The number of rotatable bonds is 2. The molecule has 2 rings (SSSR count). The molecule has 1 aromatic heterocycles. The Labute approximate surface area is 106 Å². The lowest BCUT2D eigenvalue weighted by molar-refractivity contribution is 0.195. The van der Waals surface area contributed by atoms with E-state index in [2.05, 4.69) is 16.9 Å². The molecular weight excluding hydrogens is 242 g/mol. The first kappa shape index (κ1) is 12.3. The molecule has 5 heteroatoms. The third-order valence-corrected chi connectivity index (χ3v) is 4.49. The minimum Gasteiger partial charge on any atom is -0.330 e. The van der Waals surface area contributed by atoms with Crippen molar-refractivity contribution in [1.29, 1.82) is 0 Å². The highest BCUT2D eigenvalue weighted by Gasteiger charge is 2.30. The Morgan fingerprint density at radius 1 is 1.62 bits per heavy atom. The van der Waals surface area contributed by atoms with Crippen molar-refractivity contribution in [3.05, 3.63) is 15.5 Å². The molecule has 0 aliphatic carbocycles. The quantitative estimate of drug-likeness (QED) is 0.888. The molecule has 0 radical (unpaired) electrons. The van der Waals surface area contributed by atoms with E-state index in [0.29, 0.717) is 12.0 Å². The maximum atomic E-state index is 5.97. The van der Waals surface area contributed by atoms with Crippen LogP contribution >= 0.6 is 22.9 Å². The van der Waals surface area contributed by atoms with E-state index >= 15 is 0 Å². The average Bonchev–Trinajstić information content (AvgIpc) is 2.59. The van der Waals surface area contributed by atoms with Crippen LogP contribution in [0.25, 0.3) is 0 Å². The van der Waals surface area contributed by atoms with Crippen LogP contribution in [-0.2, 0) is 0 Å². The molecule has 1 aliphatic heterocycles. The number of thiazole rings is 1. The molecule has 0 bridgehead atoms. The summed E-state index contributed by atoms with van der Waals surface area (Å²) in [5.41, 5.74) is 5.89. The van der Waals surface area contributed by atoms with E-state index < -0.39 is 0 Å². The van der Waals surface area contributed by atoms with E-state index in [-0.39, 0.29) is 0 Å². The van der Waals surface area contributed by atoms with Crippen LogP contribution in [0.3, 0.4) is 0 Å². The topological polar surface area (TPSA) is 42.1 Å². The van der Waals surface area contributed by atoms with Crippen LogP contribution < -0.4 is 5.73 Å². The fraction of sp³-hybridized carbons (Fsp3) is 0.727. The summed E-state index contributed by atoms with van der Waals surface area (Å²) in [6.07, 6.45) is 5.46. The molecular formula is C11H18ClN3S. The molecule has 0 aromatic carbocycles. The van der Waals surface area contributed by atoms with Crippen molar-refractivity contribution in [1.82, 2.24) is 9.88 Å². The summed E-state index contributed by atoms with van der Waals surface area (Å²) in [5, 5.41) is 1.12. The van der Waals surface area contributed by atoms with Crippen molar-refractivity contribution in [3.63, 3.8) is 0 Å². The Kier molecular flexibility index (Phi) is 4.19. The van der Waals surface area contributed by atoms with Crippen molar-refractivity contribution in [2.24, 2.45) is 11.7 Å². The van der Waals surface area contributed by atoms with Crippen LogP contribution in [0.5, 0.6) is 0 Å². The normalized spacial score (nSPS) is 27.9. The second-order valence-electron chi connectivity index (χ2n) is 4.42. The molecule has 1 aliphatic rings. The van der Waals surface area contributed by atoms with Gasteiger partial charge in [-0.2, -0.15) is 0 Å². The number of hydrogen-bond acceptors (Lipinski definition) is 4. The van der Waals surface area contributed by atoms with Crippen molar-refractivity contribution in [2.45, 2.75) is 25.3 Å². The SMILES string of the molecule is CN1CCCCC(CN)C1c1ncc(Cl)s1. The Balaban J connectivity index is 2.25. The Morgan fingerprint density at radius 3 is 3.06 bits per heavy atom. The van der Waals surface area contributed by atoms with E-state index in [1.807, 2.05) is 0 Å². The van der Waals surface area contributed by atoms with Crippen molar-refractivity contribution < 1.29 is 0 Å². The monoisotopic (exact) mass is 259 g/mol. The zero-order valence-electron chi connectivity index (χ0n) is 9.53. The highest BCUT2D eigenvalue weighted by atomic mass is 35.5. The summed E-state index contributed by atoms with van der Waals surface area (Å²) in [4.78, 5) is 6.79. The van der Waals surface area contributed by atoms with E-state index in [1.165, 1.54) is 19.3 Å². The first-order chi connectivity index (χ1) is 7.72. The van der Waals surface area contributed by atoms with E-state index in [0.717, 1.165) is 22.4 Å². The number of aromatic nitrogens is 1. The molecule has 1 saturated heterocycles. The van der Waals surface area contributed by atoms with Crippen molar-refractivity contribution >= 4 is 22.9 Å². The Morgan fingerprint density at radius 2 is 2.44 bits per heavy atom. The van der Waals surface area contributed by atoms with Crippen LogP contribution in [-0.4, -0.2) is 30.0 Å². The third kappa shape index (κ3) is 2.56. The molecule has 0 amide bonds. The molecule has 2 atom stereocenters. The van der Waals surface area contributed by atoms with Gasteiger partial charge >= 0.3 is 0 Å². The molecule has 2 N–H and O–H groups in total. The van der Waals surface area contributed by atoms with Crippen LogP contribution in [0.2, 0.25) is 4.34 Å².